The molecule has 0 aliphatic rings. The fourth-order valence-electron chi connectivity index (χ4n) is 0.187. The maximum absolute atomic E-state index is 9.70. The van der Waals surface area contributed by atoms with Crippen LogP contribution in [0.1, 0.15) is 41.0 Å². The summed E-state index contributed by atoms with van der Waals surface area (Å²) in [6.07, 6.45) is 0.134. The van der Waals surface area contributed by atoms with Gasteiger partial charge >= 0.3 is 11.9 Å². The Kier molecular flexibility index (Phi) is 17.1. The maximum Gasteiger partial charge on any atom is 0.305 e. The molecule has 4 N–H and O–H groups in total. The van der Waals surface area contributed by atoms with E-state index in [-0.39, 0.29) is 24.5 Å². The van der Waals surface area contributed by atoms with Crippen LogP contribution in [0.3, 0.4) is 0 Å². The second-order valence-electron chi connectivity index (χ2n) is 4.35. The Balaban J connectivity index is -0.000000187. The minimum Gasteiger partial charge on any atom is -0.481 e. The van der Waals surface area contributed by atoms with E-state index in [4.69, 9.17) is 20.4 Å². The zero-order valence-corrected chi connectivity index (χ0v) is 11.8. The average Bonchev–Trinajstić information content (AvgIpc) is 2.18. The molecule has 6 nitrogen and oxygen atoms in total. The van der Waals surface area contributed by atoms with E-state index >= 15 is 0 Å². The van der Waals surface area contributed by atoms with Gasteiger partial charge < -0.3 is 20.4 Å². The quantitative estimate of drug-likeness (QED) is 0.608. The number of carboxylic acids is 2. The van der Waals surface area contributed by atoms with Gasteiger partial charge in [0, 0.05) is 6.61 Å². The lowest BCUT2D eigenvalue weighted by Gasteiger charge is -1.95. The molecule has 0 heterocycles. The van der Waals surface area contributed by atoms with Crippen molar-refractivity contribution < 1.29 is 30.0 Å². The number of carbonyl (C=O) groups is 2. The highest BCUT2D eigenvalue weighted by Crippen LogP contribution is 1.87. The molecule has 0 aromatic heterocycles. The molecule has 0 aliphatic carbocycles. The molecule has 0 aliphatic heterocycles. The number of aliphatic hydroxyl groups excluding tert-OH is 2. The molecule has 0 fully saturated rings. The number of carboxylic acid groups (broad SMARTS) is 2. The summed E-state index contributed by atoms with van der Waals surface area (Å²) in [6, 6.07) is 0. The third kappa shape index (κ3) is 29.4. The van der Waals surface area contributed by atoms with Crippen molar-refractivity contribution in [2.24, 2.45) is 11.8 Å². The lowest BCUT2D eigenvalue weighted by atomic mass is 10.2. The Morgan fingerprint density at radius 1 is 0.889 bits per heavy atom. The number of aliphatic carboxylic acids is 2. The Morgan fingerprint density at radius 2 is 1.11 bits per heavy atom. The Bertz CT molecular complexity index is 193. The molecular weight excluding hydrogens is 240 g/mol. The Morgan fingerprint density at radius 3 is 1.11 bits per heavy atom. The fraction of sp³-hybridized carbons (Fsp3) is 0.833. The lowest BCUT2D eigenvalue weighted by Crippen LogP contribution is -2.03. The molecule has 0 aromatic rings. The first-order valence-corrected chi connectivity index (χ1v) is 5.80. The van der Waals surface area contributed by atoms with Crippen molar-refractivity contribution >= 4 is 11.9 Å². The minimum absolute atomic E-state index is 0.0810. The highest BCUT2D eigenvalue weighted by atomic mass is 16.4. The molecule has 0 aromatic carbocycles. The SMILES string of the molecule is CC(C)C(=O)O.CC(C)C(=O)O.CC(O)CCO. The molecule has 0 rings (SSSR count). The molecule has 0 radical (unpaired) electrons. The summed E-state index contributed by atoms with van der Waals surface area (Å²) in [5, 5.41) is 32.5. The van der Waals surface area contributed by atoms with Crippen molar-refractivity contribution in [3.8, 4) is 0 Å². The van der Waals surface area contributed by atoms with E-state index in [2.05, 4.69) is 0 Å². The van der Waals surface area contributed by atoms with E-state index in [1.807, 2.05) is 0 Å². The van der Waals surface area contributed by atoms with E-state index in [1.165, 1.54) is 0 Å². The van der Waals surface area contributed by atoms with Crippen molar-refractivity contribution in [2.45, 2.75) is 47.1 Å². The molecule has 0 amide bonds. The highest BCUT2D eigenvalue weighted by Gasteiger charge is 1.99. The van der Waals surface area contributed by atoms with Crippen LogP contribution in [-0.4, -0.2) is 45.1 Å². The van der Waals surface area contributed by atoms with Crippen LogP contribution in [0.15, 0.2) is 0 Å². The van der Waals surface area contributed by atoms with Crippen molar-refractivity contribution in [1.29, 1.82) is 0 Å². The monoisotopic (exact) mass is 266 g/mol. The van der Waals surface area contributed by atoms with Gasteiger partial charge in [0.25, 0.3) is 0 Å². The summed E-state index contributed by atoms with van der Waals surface area (Å²) in [5.74, 6) is -1.94. The number of aliphatic hydroxyl groups is 2. The van der Waals surface area contributed by atoms with Gasteiger partial charge in [-0.1, -0.05) is 27.7 Å². The van der Waals surface area contributed by atoms with Gasteiger partial charge in [0.1, 0.15) is 0 Å². The van der Waals surface area contributed by atoms with Crippen LogP contribution in [0, 0.1) is 11.8 Å². The second kappa shape index (κ2) is 13.9. The Labute approximate surface area is 108 Å². The third-order valence-corrected chi connectivity index (χ3v) is 1.53. The van der Waals surface area contributed by atoms with Crippen LogP contribution in [0.5, 0.6) is 0 Å². The average molecular weight is 266 g/mol. The first-order chi connectivity index (χ1) is 8.06. The van der Waals surface area contributed by atoms with Crippen LogP contribution in [0.2, 0.25) is 0 Å². The number of hydrogen-bond acceptors (Lipinski definition) is 4. The summed E-state index contributed by atoms with van der Waals surface area (Å²) < 4.78 is 0. The van der Waals surface area contributed by atoms with Crippen molar-refractivity contribution in [1.82, 2.24) is 0 Å². The molecule has 0 bridgehead atoms. The van der Waals surface area contributed by atoms with E-state index in [0.29, 0.717) is 6.42 Å². The minimum atomic E-state index is -0.741. The molecule has 0 spiro atoms. The maximum atomic E-state index is 9.70. The molecule has 1 atom stereocenters. The Hall–Kier alpha value is -1.14. The zero-order valence-electron chi connectivity index (χ0n) is 11.8. The van der Waals surface area contributed by atoms with Gasteiger partial charge in [0.2, 0.25) is 0 Å². The zero-order chi connectivity index (χ0) is 15.3. The summed E-state index contributed by atoms with van der Waals surface area (Å²) in [6.45, 7) is 8.29. The second-order valence-corrected chi connectivity index (χ2v) is 4.35. The van der Waals surface area contributed by atoms with E-state index in [0.717, 1.165) is 0 Å². The summed E-state index contributed by atoms with van der Waals surface area (Å²) in [4.78, 5) is 19.4. The third-order valence-electron chi connectivity index (χ3n) is 1.53. The van der Waals surface area contributed by atoms with Crippen molar-refractivity contribution in [2.75, 3.05) is 6.61 Å². The number of rotatable bonds is 4. The first-order valence-electron chi connectivity index (χ1n) is 5.80. The molecule has 0 saturated carbocycles. The lowest BCUT2D eigenvalue weighted by molar-refractivity contribution is -0.141. The summed E-state index contributed by atoms with van der Waals surface area (Å²) in [7, 11) is 0. The van der Waals surface area contributed by atoms with E-state index in [1.54, 1.807) is 34.6 Å². The fourth-order valence-corrected chi connectivity index (χ4v) is 0.187. The number of hydrogen-bond donors (Lipinski definition) is 4. The molecule has 6 heteroatoms. The predicted octanol–water partition coefficient (Wildman–Crippen LogP) is 1.20. The van der Waals surface area contributed by atoms with Gasteiger partial charge in [-0.15, -0.1) is 0 Å². The van der Waals surface area contributed by atoms with Gasteiger partial charge in [0.05, 0.1) is 17.9 Å². The summed E-state index contributed by atoms with van der Waals surface area (Å²) in [5.41, 5.74) is 0. The molecule has 1 unspecified atom stereocenters. The molecule has 18 heavy (non-hydrogen) atoms. The van der Waals surface area contributed by atoms with E-state index < -0.39 is 11.9 Å². The normalized spacial score (nSPS) is 10.9. The van der Waals surface area contributed by atoms with Crippen LogP contribution >= 0.6 is 0 Å². The highest BCUT2D eigenvalue weighted by molar-refractivity contribution is 5.69. The smallest absolute Gasteiger partial charge is 0.305 e. The standard InChI is InChI=1S/C4H10O2.2C4H8O2/c1-4(6)2-3-5;2*1-3(2)4(5)6/h4-6H,2-3H2,1H3;2*3H,1-2H3,(H,5,6). The molecule has 110 valence electrons. The van der Waals surface area contributed by atoms with Crippen LogP contribution in [0.25, 0.3) is 0 Å². The van der Waals surface area contributed by atoms with Crippen LogP contribution in [-0.2, 0) is 9.59 Å². The van der Waals surface area contributed by atoms with Gasteiger partial charge in [-0.25, -0.2) is 0 Å². The van der Waals surface area contributed by atoms with Crippen molar-refractivity contribution in [3.63, 3.8) is 0 Å². The topological polar surface area (TPSA) is 115 Å². The van der Waals surface area contributed by atoms with Crippen molar-refractivity contribution in [3.05, 3.63) is 0 Å². The van der Waals surface area contributed by atoms with Crippen LogP contribution < -0.4 is 0 Å². The summed E-state index contributed by atoms with van der Waals surface area (Å²) >= 11 is 0. The molecule has 0 saturated heterocycles. The predicted molar refractivity (Wildman–Crippen MR) is 68.3 cm³/mol. The molecular formula is C12H26O6. The largest absolute Gasteiger partial charge is 0.481 e. The van der Waals surface area contributed by atoms with Crippen LogP contribution in [0.4, 0.5) is 0 Å². The van der Waals surface area contributed by atoms with Gasteiger partial charge in [-0.2, -0.15) is 0 Å². The van der Waals surface area contributed by atoms with Gasteiger partial charge in [-0.05, 0) is 13.3 Å². The van der Waals surface area contributed by atoms with Gasteiger partial charge in [-0.3, -0.25) is 9.59 Å². The first kappa shape index (κ1) is 22.1. The van der Waals surface area contributed by atoms with E-state index in [9.17, 15) is 9.59 Å². The van der Waals surface area contributed by atoms with Gasteiger partial charge in [0.15, 0.2) is 0 Å².